The van der Waals surface area contributed by atoms with Crippen molar-refractivity contribution in [3.8, 4) is 0 Å². The van der Waals surface area contributed by atoms with E-state index >= 15 is 0 Å². The quantitative estimate of drug-likeness (QED) is 0.443. The summed E-state index contributed by atoms with van der Waals surface area (Å²) < 4.78 is 71.5. The number of carbonyl (C=O) groups is 2. The maximum Gasteiger partial charge on any atom is 0.456 e. The van der Waals surface area contributed by atoms with Crippen LogP contribution < -0.4 is 0 Å². The molecule has 0 heterocycles. The van der Waals surface area contributed by atoms with E-state index in [-0.39, 0.29) is 6.42 Å². The van der Waals surface area contributed by atoms with Gasteiger partial charge in [-0.05, 0) is 52.4 Å². The first-order valence-corrected chi connectivity index (χ1v) is 8.58. The third kappa shape index (κ3) is 5.81. The molecule has 0 saturated heterocycles. The van der Waals surface area contributed by atoms with Crippen LogP contribution >= 0.6 is 0 Å². The van der Waals surface area contributed by atoms with E-state index in [1.807, 2.05) is 6.92 Å². The van der Waals surface area contributed by atoms with Crippen LogP contribution in [0.1, 0.15) is 65.7 Å². The first-order chi connectivity index (χ1) is 11.7. The Labute approximate surface area is 149 Å². The highest BCUT2D eigenvalue weighted by atomic mass is 19.4. The van der Waals surface area contributed by atoms with Crippen LogP contribution in [0.2, 0.25) is 0 Å². The van der Waals surface area contributed by atoms with Crippen molar-refractivity contribution in [2.45, 2.75) is 83.4 Å². The highest BCUT2D eigenvalue weighted by Gasteiger charge is 2.58. The third-order valence-corrected chi connectivity index (χ3v) is 4.87. The number of hydrogen-bond donors (Lipinski definition) is 0. The van der Waals surface area contributed by atoms with Crippen molar-refractivity contribution in [2.75, 3.05) is 6.61 Å². The number of ether oxygens (including phenoxy) is 2. The third-order valence-electron chi connectivity index (χ3n) is 4.87. The molecule has 1 aliphatic rings. The molecule has 1 fully saturated rings. The van der Waals surface area contributed by atoms with Gasteiger partial charge < -0.3 is 9.47 Å². The molecule has 0 bridgehead atoms. The standard InChI is InChI=1S/C17H25F5O4/c1-4-14(2,3)13(24)26-15(8-5-6-9-15)10-7-12(23)25-11-16(18,19)17(20,21)22/h4-11H2,1-3H3. The summed E-state index contributed by atoms with van der Waals surface area (Å²) in [6.45, 7) is 3.24. The molecular weight excluding hydrogens is 363 g/mol. The maximum absolute atomic E-state index is 12.8. The molecule has 0 aromatic carbocycles. The van der Waals surface area contributed by atoms with Crippen LogP contribution in [0.5, 0.6) is 0 Å². The SMILES string of the molecule is CCC(C)(C)C(=O)OC1(CCC(=O)OCC(F)(F)C(F)(F)F)CCCC1. The second-order valence-electron chi connectivity index (χ2n) is 7.38. The minimum absolute atomic E-state index is 0.0367. The lowest BCUT2D eigenvalue weighted by Gasteiger charge is -2.33. The summed E-state index contributed by atoms with van der Waals surface area (Å²) in [5, 5.41) is 0. The Hall–Kier alpha value is -1.41. The van der Waals surface area contributed by atoms with Crippen LogP contribution in [0.3, 0.4) is 0 Å². The van der Waals surface area contributed by atoms with Gasteiger partial charge in [-0.15, -0.1) is 0 Å². The number of alkyl halides is 5. The maximum atomic E-state index is 12.8. The summed E-state index contributed by atoms with van der Waals surface area (Å²) in [5.41, 5.74) is -1.60. The van der Waals surface area contributed by atoms with Gasteiger partial charge in [0.15, 0.2) is 6.61 Å². The lowest BCUT2D eigenvalue weighted by Crippen LogP contribution is -2.41. The monoisotopic (exact) mass is 388 g/mol. The minimum Gasteiger partial charge on any atom is -0.459 e. The second kappa shape index (κ2) is 8.08. The number of halogens is 5. The summed E-state index contributed by atoms with van der Waals surface area (Å²) in [7, 11) is 0. The van der Waals surface area contributed by atoms with Gasteiger partial charge >= 0.3 is 24.0 Å². The summed E-state index contributed by atoms with van der Waals surface area (Å²) in [5.74, 6) is -6.68. The zero-order valence-corrected chi connectivity index (χ0v) is 15.2. The average molecular weight is 388 g/mol. The molecule has 0 N–H and O–H groups in total. The number of hydrogen-bond acceptors (Lipinski definition) is 4. The lowest BCUT2D eigenvalue weighted by atomic mass is 9.89. The number of esters is 2. The molecule has 9 heteroatoms. The van der Waals surface area contributed by atoms with Crippen LogP contribution in [0.25, 0.3) is 0 Å². The van der Waals surface area contributed by atoms with Crippen molar-refractivity contribution in [1.29, 1.82) is 0 Å². The Morgan fingerprint density at radius 2 is 1.58 bits per heavy atom. The van der Waals surface area contributed by atoms with E-state index in [1.165, 1.54) is 0 Å². The molecule has 1 saturated carbocycles. The van der Waals surface area contributed by atoms with Crippen molar-refractivity contribution in [3.05, 3.63) is 0 Å². The Bertz CT molecular complexity index is 508. The molecule has 0 amide bonds. The summed E-state index contributed by atoms with van der Waals surface area (Å²) in [6.07, 6.45) is -2.99. The fourth-order valence-corrected chi connectivity index (χ4v) is 2.56. The van der Waals surface area contributed by atoms with Crippen molar-refractivity contribution >= 4 is 11.9 Å². The molecule has 0 aromatic rings. The second-order valence-corrected chi connectivity index (χ2v) is 7.38. The van der Waals surface area contributed by atoms with Crippen molar-refractivity contribution in [1.82, 2.24) is 0 Å². The molecule has 1 aliphatic carbocycles. The first-order valence-electron chi connectivity index (χ1n) is 8.58. The van der Waals surface area contributed by atoms with Crippen molar-refractivity contribution in [3.63, 3.8) is 0 Å². The Morgan fingerprint density at radius 3 is 2.04 bits per heavy atom. The average Bonchev–Trinajstić information content (AvgIpc) is 2.98. The summed E-state index contributed by atoms with van der Waals surface area (Å²) in [4.78, 5) is 23.9. The van der Waals surface area contributed by atoms with Gasteiger partial charge in [-0.1, -0.05) is 6.92 Å². The molecule has 0 spiro atoms. The fourth-order valence-electron chi connectivity index (χ4n) is 2.56. The van der Waals surface area contributed by atoms with Crippen LogP contribution in [0, 0.1) is 5.41 Å². The van der Waals surface area contributed by atoms with Gasteiger partial charge in [-0.3, -0.25) is 9.59 Å². The fraction of sp³-hybridized carbons (Fsp3) is 0.882. The molecule has 26 heavy (non-hydrogen) atoms. The van der Waals surface area contributed by atoms with E-state index < -0.39 is 48.1 Å². The van der Waals surface area contributed by atoms with Crippen LogP contribution in [-0.4, -0.2) is 36.2 Å². The van der Waals surface area contributed by atoms with Gasteiger partial charge in [0, 0.05) is 6.42 Å². The molecular formula is C17H25F5O4. The highest BCUT2D eigenvalue weighted by Crippen LogP contribution is 2.40. The van der Waals surface area contributed by atoms with E-state index in [0.29, 0.717) is 19.3 Å². The number of rotatable bonds is 8. The van der Waals surface area contributed by atoms with Crippen LogP contribution in [0.15, 0.2) is 0 Å². The molecule has 152 valence electrons. The van der Waals surface area contributed by atoms with E-state index in [4.69, 9.17) is 4.74 Å². The molecule has 0 aliphatic heterocycles. The highest BCUT2D eigenvalue weighted by molar-refractivity contribution is 5.76. The molecule has 1 rings (SSSR count). The Kier molecular flexibility index (Phi) is 7.04. The largest absolute Gasteiger partial charge is 0.459 e. The molecule has 0 radical (unpaired) electrons. The predicted molar refractivity (Wildman–Crippen MR) is 82.6 cm³/mol. The molecule has 0 atom stereocenters. The first kappa shape index (κ1) is 22.6. The zero-order chi connectivity index (χ0) is 20.2. The normalized spacial score (nSPS) is 17.8. The van der Waals surface area contributed by atoms with Crippen molar-refractivity contribution in [2.24, 2.45) is 5.41 Å². The van der Waals surface area contributed by atoms with E-state index in [9.17, 15) is 31.5 Å². The van der Waals surface area contributed by atoms with Crippen molar-refractivity contribution < 1.29 is 41.0 Å². The van der Waals surface area contributed by atoms with Gasteiger partial charge in [0.25, 0.3) is 0 Å². The molecule has 0 aromatic heterocycles. The van der Waals surface area contributed by atoms with E-state index in [0.717, 1.165) is 12.8 Å². The molecule has 0 unspecified atom stereocenters. The van der Waals surface area contributed by atoms with Gasteiger partial charge in [0.2, 0.25) is 0 Å². The Morgan fingerprint density at radius 1 is 1.04 bits per heavy atom. The smallest absolute Gasteiger partial charge is 0.456 e. The zero-order valence-electron chi connectivity index (χ0n) is 15.2. The van der Waals surface area contributed by atoms with Crippen LogP contribution in [0.4, 0.5) is 22.0 Å². The molecule has 4 nitrogen and oxygen atoms in total. The van der Waals surface area contributed by atoms with Gasteiger partial charge in [0.05, 0.1) is 5.41 Å². The van der Waals surface area contributed by atoms with Crippen LogP contribution in [-0.2, 0) is 19.1 Å². The van der Waals surface area contributed by atoms with E-state index in [1.54, 1.807) is 13.8 Å². The summed E-state index contributed by atoms with van der Waals surface area (Å²) >= 11 is 0. The topological polar surface area (TPSA) is 52.6 Å². The van der Waals surface area contributed by atoms with Gasteiger partial charge in [0.1, 0.15) is 5.60 Å². The predicted octanol–water partition coefficient (Wildman–Crippen LogP) is 4.80. The Balaban J connectivity index is 2.61. The number of carbonyl (C=O) groups excluding carboxylic acids is 2. The lowest BCUT2D eigenvalue weighted by molar-refractivity contribution is -0.294. The summed E-state index contributed by atoms with van der Waals surface area (Å²) in [6, 6.07) is 0. The van der Waals surface area contributed by atoms with Gasteiger partial charge in [-0.2, -0.15) is 22.0 Å². The van der Waals surface area contributed by atoms with E-state index in [2.05, 4.69) is 4.74 Å². The minimum atomic E-state index is -5.78. The van der Waals surface area contributed by atoms with Gasteiger partial charge in [-0.25, -0.2) is 0 Å².